The Kier molecular flexibility index (Phi) is 5.64. The van der Waals surface area contributed by atoms with E-state index in [2.05, 4.69) is 9.72 Å². The van der Waals surface area contributed by atoms with Gasteiger partial charge >= 0.3 is 0 Å². The van der Waals surface area contributed by atoms with Gasteiger partial charge in [0.05, 0.1) is 7.11 Å². The normalized spacial score (nSPS) is 12.6. The molecule has 2 aromatic heterocycles. The van der Waals surface area contributed by atoms with Crippen molar-refractivity contribution in [2.24, 2.45) is 0 Å². The number of hydrogen-bond acceptors (Lipinski definition) is 6. The van der Waals surface area contributed by atoms with Crippen LogP contribution in [0.15, 0.2) is 54.6 Å². The lowest BCUT2D eigenvalue weighted by atomic mass is 10.1. The van der Waals surface area contributed by atoms with Crippen molar-refractivity contribution in [3.63, 3.8) is 0 Å². The Hall–Kier alpha value is -3.94. The predicted molar refractivity (Wildman–Crippen MR) is 124 cm³/mol. The maximum absolute atomic E-state index is 12.6. The Morgan fingerprint density at radius 1 is 1.03 bits per heavy atom. The fourth-order valence-corrected chi connectivity index (χ4v) is 3.91. The minimum Gasteiger partial charge on any atom is -0.493 e. The van der Waals surface area contributed by atoms with Gasteiger partial charge in [0, 0.05) is 23.0 Å². The van der Waals surface area contributed by atoms with Gasteiger partial charge in [-0.1, -0.05) is 6.07 Å². The molecule has 0 radical (unpaired) electrons. The third kappa shape index (κ3) is 4.00. The molecule has 0 spiro atoms. The Labute approximate surface area is 190 Å². The lowest BCUT2D eigenvalue weighted by molar-refractivity contribution is 0.171. The Balaban J connectivity index is 1.60. The van der Waals surface area contributed by atoms with Crippen LogP contribution >= 0.6 is 0 Å². The van der Waals surface area contributed by atoms with E-state index >= 15 is 0 Å². The van der Waals surface area contributed by atoms with Gasteiger partial charge in [0.2, 0.25) is 0 Å². The number of nitrogens with one attached hydrogen (secondary N) is 1. The number of alkyl halides is 1. The first-order chi connectivity index (χ1) is 16.2. The van der Waals surface area contributed by atoms with E-state index in [0.29, 0.717) is 30.5 Å². The molecule has 33 heavy (non-hydrogen) atoms. The Morgan fingerprint density at radius 2 is 1.88 bits per heavy atom. The molecule has 0 saturated carbocycles. The fraction of sp³-hybridized carbons (Fsp3) is 0.240. The first kappa shape index (κ1) is 20.9. The first-order valence-electron chi connectivity index (χ1n) is 10.7. The van der Waals surface area contributed by atoms with Crippen molar-refractivity contribution in [2.75, 3.05) is 38.9 Å². The van der Waals surface area contributed by atoms with Gasteiger partial charge < -0.3 is 24.3 Å². The zero-order valence-electron chi connectivity index (χ0n) is 18.4. The fourth-order valence-electron chi connectivity index (χ4n) is 3.91. The van der Waals surface area contributed by atoms with Crippen LogP contribution in [0.5, 0.6) is 23.0 Å². The number of anilines is 2. The lowest BCUT2D eigenvalue weighted by Gasteiger charge is -2.19. The van der Waals surface area contributed by atoms with Gasteiger partial charge in [-0.05, 0) is 49.4 Å². The molecule has 0 fully saturated rings. The van der Waals surface area contributed by atoms with Crippen molar-refractivity contribution in [1.29, 1.82) is 0 Å². The standard InChI is InChI=1S/C25H24FN3O4/c1-16-4-3-5-23-28-24(17-6-8-19(31-11-10-26)21(14-17)30-2)25(29(16)23)27-18-7-9-20-22(15-18)33-13-12-32-20/h3-9,14-15,27H,10-13H2,1-2H3. The predicted octanol–water partition coefficient (Wildman–Crippen LogP) is 5.18. The number of ether oxygens (including phenoxy) is 4. The molecule has 0 unspecified atom stereocenters. The quantitative estimate of drug-likeness (QED) is 0.419. The van der Waals surface area contributed by atoms with Crippen molar-refractivity contribution in [3.05, 3.63) is 60.3 Å². The highest BCUT2D eigenvalue weighted by atomic mass is 19.1. The van der Waals surface area contributed by atoms with Crippen molar-refractivity contribution >= 4 is 17.2 Å². The lowest BCUT2D eigenvalue weighted by Crippen LogP contribution is -2.15. The summed E-state index contributed by atoms with van der Waals surface area (Å²) < 4.78 is 37.0. The summed E-state index contributed by atoms with van der Waals surface area (Å²) in [5.74, 6) is 3.24. The van der Waals surface area contributed by atoms with Crippen LogP contribution in [0, 0.1) is 6.92 Å². The number of methoxy groups -OCH3 is 1. The summed E-state index contributed by atoms with van der Waals surface area (Å²) in [5, 5.41) is 3.51. The number of nitrogens with zero attached hydrogens (tertiary/aromatic N) is 2. The minimum atomic E-state index is -0.569. The van der Waals surface area contributed by atoms with Crippen molar-refractivity contribution in [3.8, 4) is 34.3 Å². The SMILES string of the molecule is COc1cc(-c2nc3cccc(C)n3c2Nc2ccc3c(c2)OCCO3)ccc1OCCF. The number of fused-ring (bicyclic) bond motifs is 2. The number of halogens is 1. The molecule has 170 valence electrons. The van der Waals surface area contributed by atoms with E-state index in [-0.39, 0.29) is 6.61 Å². The number of benzene rings is 2. The number of imidazole rings is 1. The molecule has 0 bridgehead atoms. The Morgan fingerprint density at radius 3 is 2.70 bits per heavy atom. The van der Waals surface area contributed by atoms with Crippen molar-refractivity contribution in [2.45, 2.75) is 6.92 Å². The van der Waals surface area contributed by atoms with Crippen LogP contribution in [0.2, 0.25) is 0 Å². The van der Waals surface area contributed by atoms with Crippen LogP contribution in [0.1, 0.15) is 5.69 Å². The van der Waals surface area contributed by atoms with Gasteiger partial charge in [-0.2, -0.15) is 0 Å². The summed E-state index contributed by atoms with van der Waals surface area (Å²) in [6, 6.07) is 17.2. The topological polar surface area (TPSA) is 66.3 Å². The second-order valence-electron chi connectivity index (χ2n) is 7.56. The van der Waals surface area contributed by atoms with E-state index in [9.17, 15) is 4.39 Å². The minimum absolute atomic E-state index is 0.0276. The van der Waals surface area contributed by atoms with Gasteiger partial charge in [-0.25, -0.2) is 9.37 Å². The van der Waals surface area contributed by atoms with Gasteiger partial charge in [0.25, 0.3) is 0 Å². The van der Waals surface area contributed by atoms with Crippen LogP contribution in [0.25, 0.3) is 16.9 Å². The average Bonchev–Trinajstić information content (AvgIpc) is 3.22. The van der Waals surface area contributed by atoms with Gasteiger partial charge in [0.1, 0.15) is 43.7 Å². The van der Waals surface area contributed by atoms with E-state index in [4.69, 9.17) is 23.9 Å². The molecule has 0 saturated heterocycles. The third-order valence-corrected chi connectivity index (χ3v) is 5.42. The molecular formula is C25H24FN3O4. The summed E-state index contributed by atoms with van der Waals surface area (Å²) in [6.45, 7) is 2.50. The molecule has 0 aliphatic carbocycles. The first-order valence-corrected chi connectivity index (χ1v) is 10.7. The van der Waals surface area contributed by atoms with Gasteiger partial charge in [-0.15, -0.1) is 0 Å². The third-order valence-electron chi connectivity index (χ3n) is 5.42. The highest BCUT2D eigenvalue weighted by Gasteiger charge is 2.19. The zero-order valence-corrected chi connectivity index (χ0v) is 18.4. The van der Waals surface area contributed by atoms with E-state index in [1.54, 1.807) is 13.2 Å². The maximum Gasteiger partial charge on any atom is 0.163 e. The molecule has 2 aromatic carbocycles. The number of aryl methyl sites for hydroxylation is 1. The highest BCUT2D eigenvalue weighted by molar-refractivity contribution is 5.81. The number of rotatable bonds is 7. The van der Waals surface area contributed by atoms with Gasteiger partial charge in [-0.3, -0.25) is 4.40 Å². The molecule has 1 N–H and O–H groups in total. The molecule has 4 aromatic rings. The van der Waals surface area contributed by atoms with E-state index in [0.717, 1.165) is 39.9 Å². The average molecular weight is 449 g/mol. The van der Waals surface area contributed by atoms with E-state index in [1.807, 2.05) is 55.5 Å². The second-order valence-corrected chi connectivity index (χ2v) is 7.56. The Bertz CT molecular complexity index is 1300. The smallest absolute Gasteiger partial charge is 0.163 e. The van der Waals surface area contributed by atoms with Crippen LogP contribution in [0.3, 0.4) is 0 Å². The van der Waals surface area contributed by atoms with Crippen molar-refractivity contribution in [1.82, 2.24) is 9.38 Å². The van der Waals surface area contributed by atoms with E-state index < -0.39 is 6.67 Å². The second kappa shape index (κ2) is 8.90. The molecule has 0 atom stereocenters. The van der Waals surface area contributed by atoms with Crippen molar-refractivity contribution < 1.29 is 23.3 Å². The summed E-state index contributed by atoms with van der Waals surface area (Å²) in [6.07, 6.45) is 0. The van der Waals surface area contributed by atoms with Crippen LogP contribution in [-0.2, 0) is 0 Å². The van der Waals surface area contributed by atoms with Gasteiger partial charge in [0.15, 0.2) is 23.0 Å². The largest absolute Gasteiger partial charge is 0.493 e. The van der Waals surface area contributed by atoms with Crippen LogP contribution in [0.4, 0.5) is 15.9 Å². The number of pyridine rings is 1. The monoisotopic (exact) mass is 449 g/mol. The summed E-state index contributed by atoms with van der Waals surface area (Å²) in [4.78, 5) is 4.88. The molecule has 8 heteroatoms. The molecule has 3 heterocycles. The van der Waals surface area contributed by atoms with E-state index in [1.165, 1.54) is 0 Å². The van der Waals surface area contributed by atoms with Crippen LogP contribution in [-0.4, -0.2) is 43.0 Å². The summed E-state index contributed by atoms with van der Waals surface area (Å²) in [5.41, 5.74) is 4.26. The summed E-state index contributed by atoms with van der Waals surface area (Å²) in [7, 11) is 1.56. The molecular weight excluding hydrogens is 425 g/mol. The number of aromatic nitrogens is 2. The molecule has 5 rings (SSSR count). The molecule has 7 nitrogen and oxygen atoms in total. The summed E-state index contributed by atoms with van der Waals surface area (Å²) >= 11 is 0. The molecule has 1 aliphatic heterocycles. The zero-order chi connectivity index (χ0) is 22.8. The van der Waals surface area contributed by atoms with Crippen LogP contribution < -0.4 is 24.3 Å². The maximum atomic E-state index is 12.6. The molecule has 1 aliphatic rings. The number of hydrogen-bond donors (Lipinski definition) is 1. The highest BCUT2D eigenvalue weighted by Crippen LogP contribution is 2.39. The molecule has 0 amide bonds.